The summed E-state index contributed by atoms with van der Waals surface area (Å²) < 4.78 is 5.38. The van der Waals surface area contributed by atoms with Gasteiger partial charge in [0.25, 0.3) is 0 Å². The van der Waals surface area contributed by atoms with Crippen LogP contribution in [0.2, 0.25) is 0 Å². The monoisotopic (exact) mass is 220 g/mol. The lowest BCUT2D eigenvalue weighted by atomic mass is 10.2. The Morgan fingerprint density at radius 2 is 2.12 bits per heavy atom. The van der Waals surface area contributed by atoms with Crippen molar-refractivity contribution in [3.63, 3.8) is 0 Å². The van der Waals surface area contributed by atoms with Crippen molar-refractivity contribution in [3.05, 3.63) is 42.5 Å². The third kappa shape index (κ3) is 4.96. The highest BCUT2D eigenvalue weighted by atomic mass is 16.5. The molecule has 16 heavy (non-hydrogen) atoms. The molecule has 0 saturated carbocycles. The van der Waals surface area contributed by atoms with E-state index in [4.69, 9.17) is 10.5 Å². The summed E-state index contributed by atoms with van der Waals surface area (Å²) in [5.41, 5.74) is 7.79. The van der Waals surface area contributed by atoms with Gasteiger partial charge in [-0.2, -0.15) is 0 Å². The van der Waals surface area contributed by atoms with Gasteiger partial charge in [-0.25, -0.2) is 0 Å². The molecule has 0 aliphatic carbocycles. The number of benzene rings is 1. The first-order valence-corrected chi connectivity index (χ1v) is 5.57. The Kier molecular flexibility index (Phi) is 6.30. The van der Waals surface area contributed by atoms with E-state index < -0.39 is 0 Å². The van der Waals surface area contributed by atoms with Gasteiger partial charge in [0.15, 0.2) is 0 Å². The minimum Gasteiger partial charge on any atom is -0.398 e. The van der Waals surface area contributed by atoms with Gasteiger partial charge in [0.1, 0.15) is 0 Å². The van der Waals surface area contributed by atoms with Crippen LogP contribution in [-0.4, -0.2) is 19.8 Å². The summed E-state index contributed by atoms with van der Waals surface area (Å²) in [5, 5.41) is 3.29. The molecule has 0 radical (unpaired) electrons. The number of nitrogens with two attached hydrogens (primary N) is 1. The van der Waals surface area contributed by atoms with E-state index in [2.05, 4.69) is 11.9 Å². The molecule has 1 aromatic rings. The molecule has 3 heteroatoms. The summed E-state index contributed by atoms with van der Waals surface area (Å²) in [5.74, 6) is 0. The molecule has 0 aliphatic heterocycles. The normalized spacial score (nSPS) is 10.2. The van der Waals surface area contributed by atoms with Crippen LogP contribution in [0, 0.1) is 0 Å². The number of nitrogens with one attached hydrogen (secondary N) is 1. The van der Waals surface area contributed by atoms with Crippen LogP contribution >= 0.6 is 0 Å². The van der Waals surface area contributed by atoms with Gasteiger partial charge in [-0.3, -0.25) is 0 Å². The van der Waals surface area contributed by atoms with Crippen molar-refractivity contribution in [2.75, 3.05) is 25.5 Å². The minimum atomic E-state index is 0.723. The SMILES string of the molecule is C=CCCOCCNCc1ccccc1N. The van der Waals surface area contributed by atoms with Crippen molar-refractivity contribution in [2.24, 2.45) is 0 Å². The van der Waals surface area contributed by atoms with Gasteiger partial charge in [-0.05, 0) is 18.1 Å². The van der Waals surface area contributed by atoms with Crippen molar-refractivity contribution in [2.45, 2.75) is 13.0 Å². The summed E-state index contributed by atoms with van der Waals surface area (Å²) in [6.07, 6.45) is 2.77. The van der Waals surface area contributed by atoms with E-state index in [1.807, 2.05) is 30.3 Å². The third-order valence-corrected chi connectivity index (χ3v) is 2.26. The molecule has 0 unspecified atom stereocenters. The molecule has 0 bridgehead atoms. The second-order valence-corrected chi connectivity index (χ2v) is 3.57. The number of hydrogen-bond acceptors (Lipinski definition) is 3. The van der Waals surface area contributed by atoms with Gasteiger partial charge in [-0.1, -0.05) is 24.3 Å². The molecule has 1 rings (SSSR count). The van der Waals surface area contributed by atoms with Crippen molar-refractivity contribution in [1.29, 1.82) is 0 Å². The fraction of sp³-hybridized carbons (Fsp3) is 0.385. The van der Waals surface area contributed by atoms with E-state index in [9.17, 15) is 0 Å². The highest BCUT2D eigenvalue weighted by Gasteiger charge is 1.96. The lowest BCUT2D eigenvalue weighted by Gasteiger charge is -2.07. The standard InChI is InChI=1S/C13H20N2O/c1-2-3-9-16-10-8-15-11-12-6-4-5-7-13(12)14/h2,4-7,15H,1,3,8-11,14H2. The molecule has 0 aromatic heterocycles. The summed E-state index contributed by atoms with van der Waals surface area (Å²) in [7, 11) is 0. The Bertz CT molecular complexity index is 313. The first-order valence-electron chi connectivity index (χ1n) is 5.57. The van der Waals surface area contributed by atoms with E-state index in [1.54, 1.807) is 0 Å². The van der Waals surface area contributed by atoms with Crippen molar-refractivity contribution >= 4 is 5.69 Å². The van der Waals surface area contributed by atoms with Crippen LogP contribution in [0.5, 0.6) is 0 Å². The molecule has 0 fully saturated rings. The lowest BCUT2D eigenvalue weighted by molar-refractivity contribution is 0.140. The van der Waals surface area contributed by atoms with Crippen LogP contribution in [0.15, 0.2) is 36.9 Å². The molecule has 0 aliphatic rings. The summed E-state index contributed by atoms with van der Waals surface area (Å²) in [6.45, 7) is 6.73. The highest BCUT2D eigenvalue weighted by molar-refractivity contribution is 5.46. The van der Waals surface area contributed by atoms with Gasteiger partial charge in [-0.15, -0.1) is 6.58 Å². The van der Waals surface area contributed by atoms with E-state index in [-0.39, 0.29) is 0 Å². The second kappa shape index (κ2) is 7.91. The van der Waals surface area contributed by atoms with Gasteiger partial charge in [0, 0.05) is 18.8 Å². The average molecular weight is 220 g/mol. The number of hydrogen-bond donors (Lipinski definition) is 2. The van der Waals surface area contributed by atoms with Crippen LogP contribution in [0.3, 0.4) is 0 Å². The van der Waals surface area contributed by atoms with Crippen LogP contribution in [0.25, 0.3) is 0 Å². The molecular weight excluding hydrogens is 200 g/mol. The molecule has 0 spiro atoms. The Morgan fingerprint density at radius 1 is 1.31 bits per heavy atom. The largest absolute Gasteiger partial charge is 0.398 e. The minimum absolute atomic E-state index is 0.723. The molecule has 0 heterocycles. The maximum atomic E-state index is 5.82. The van der Waals surface area contributed by atoms with E-state index in [0.29, 0.717) is 0 Å². The van der Waals surface area contributed by atoms with Gasteiger partial charge < -0.3 is 15.8 Å². The summed E-state index contributed by atoms with van der Waals surface area (Å²) in [6, 6.07) is 7.88. The predicted molar refractivity (Wildman–Crippen MR) is 68.2 cm³/mol. The zero-order valence-corrected chi connectivity index (χ0v) is 9.61. The highest BCUT2D eigenvalue weighted by Crippen LogP contribution is 2.09. The molecule has 3 nitrogen and oxygen atoms in total. The van der Waals surface area contributed by atoms with Crippen LogP contribution < -0.4 is 11.1 Å². The molecule has 1 aromatic carbocycles. The fourth-order valence-corrected chi connectivity index (χ4v) is 1.33. The molecule has 3 N–H and O–H groups in total. The van der Waals surface area contributed by atoms with Crippen molar-refractivity contribution in [1.82, 2.24) is 5.32 Å². The van der Waals surface area contributed by atoms with Crippen LogP contribution in [-0.2, 0) is 11.3 Å². The maximum Gasteiger partial charge on any atom is 0.0591 e. The molecule has 0 saturated heterocycles. The molecular formula is C13H20N2O. The second-order valence-electron chi connectivity index (χ2n) is 3.57. The Labute approximate surface area is 97.3 Å². The number of rotatable bonds is 8. The Balaban J connectivity index is 2.07. The first-order chi connectivity index (χ1) is 7.84. The number of para-hydroxylation sites is 1. The quantitative estimate of drug-likeness (QED) is 0.400. The zero-order valence-electron chi connectivity index (χ0n) is 9.61. The van der Waals surface area contributed by atoms with Gasteiger partial charge in [0.05, 0.1) is 13.2 Å². The molecule has 0 atom stereocenters. The van der Waals surface area contributed by atoms with E-state index in [0.717, 1.165) is 44.0 Å². The number of nitrogen functional groups attached to an aromatic ring is 1. The molecule has 0 amide bonds. The summed E-state index contributed by atoms with van der Waals surface area (Å²) >= 11 is 0. The first kappa shape index (κ1) is 12.7. The topological polar surface area (TPSA) is 47.3 Å². The number of anilines is 1. The van der Waals surface area contributed by atoms with E-state index in [1.165, 1.54) is 0 Å². The Hall–Kier alpha value is -1.32. The van der Waals surface area contributed by atoms with E-state index >= 15 is 0 Å². The average Bonchev–Trinajstić information content (AvgIpc) is 2.30. The Morgan fingerprint density at radius 3 is 2.88 bits per heavy atom. The summed E-state index contributed by atoms with van der Waals surface area (Å²) in [4.78, 5) is 0. The van der Waals surface area contributed by atoms with Gasteiger partial charge >= 0.3 is 0 Å². The van der Waals surface area contributed by atoms with Crippen molar-refractivity contribution < 1.29 is 4.74 Å². The van der Waals surface area contributed by atoms with Crippen LogP contribution in [0.1, 0.15) is 12.0 Å². The predicted octanol–water partition coefficient (Wildman–Crippen LogP) is 1.95. The lowest BCUT2D eigenvalue weighted by Crippen LogP contribution is -2.20. The number of ether oxygens (including phenoxy) is 1. The molecule has 88 valence electrons. The maximum absolute atomic E-state index is 5.82. The fourth-order valence-electron chi connectivity index (χ4n) is 1.33. The third-order valence-electron chi connectivity index (χ3n) is 2.26. The smallest absolute Gasteiger partial charge is 0.0591 e. The van der Waals surface area contributed by atoms with Gasteiger partial charge in [0.2, 0.25) is 0 Å². The van der Waals surface area contributed by atoms with Crippen LogP contribution in [0.4, 0.5) is 5.69 Å². The zero-order chi connectivity index (χ0) is 11.6. The van der Waals surface area contributed by atoms with Crippen molar-refractivity contribution in [3.8, 4) is 0 Å².